The Morgan fingerprint density at radius 1 is 1.23 bits per heavy atom. The Hall–Kier alpha value is -2.51. The number of benzene rings is 1. The number of nitrogens with zero attached hydrogens (tertiary/aromatic N) is 5. The molecule has 1 N–H and O–H groups in total. The number of rotatable bonds is 5. The minimum Gasteiger partial charge on any atom is -0.363 e. The van der Waals surface area contributed by atoms with Crippen LogP contribution in [-0.2, 0) is 26.2 Å². The highest BCUT2D eigenvalue weighted by Crippen LogP contribution is 2.22. The van der Waals surface area contributed by atoms with E-state index >= 15 is 0 Å². The number of nitrogens with one attached hydrogen (secondary N) is 1. The van der Waals surface area contributed by atoms with Crippen LogP contribution in [0.15, 0.2) is 42.9 Å². The van der Waals surface area contributed by atoms with E-state index in [2.05, 4.69) is 31.3 Å². The molecule has 0 spiro atoms. The summed E-state index contributed by atoms with van der Waals surface area (Å²) in [5, 5.41) is 8.00. The molecule has 6 nitrogen and oxygen atoms in total. The first kappa shape index (κ1) is 16.9. The third-order valence-corrected chi connectivity index (χ3v) is 4.66. The van der Waals surface area contributed by atoms with Crippen molar-refractivity contribution in [3.05, 3.63) is 70.6 Å². The van der Waals surface area contributed by atoms with Crippen LogP contribution in [0.25, 0.3) is 0 Å². The zero-order valence-electron chi connectivity index (χ0n) is 14.1. The van der Waals surface area contributed by atoms with Gasteiger partial charge in [-0.2, -0.15) is 5.10 Å². The Morgan fingerprint density at radius 2 is 2.15 bits per heavy atom. The molecule has 0 unspecified atom stereocenters. The molecule has 0 radical (unpaired) electrons. The maximum atomic E-state index is 14.1. The summed E-state index contributed by atoms with van der Waals surface area (Å²) in [6.45, 7) is 3.44. The second-order valence-electron chi connectivity index (χ2n) is 6.22. The van der Waals surface area contributed by atoms with E-state index in [0.717, 1.165) is 36.8 Å². The lowest BCUT2D eigenvalue weighted by atomic mass is 10.2. The first-order valence-electron chi connectivity index (χ1n) is 8.40. The zero-order chi connectivity index (χ0) is 17.9. The van der Waals surface area contributed by atoms with Crippen LogP contribution < -0.4 is 5.32 Å². The van der Waals surface area contributed by atoms with E-state index in [9.17, 15) is 4.39 Å². The Bertz CT molecular complexity index is 898. The van der Waals surface area contributed by atoms with E-state index in [1.165, 1.54) is 0 Å². The molecule has 8 heteroatoms. The van der Waals surface area contributed by atoms with Gasteiger partial charge < -0.3 is 5.32 Å². The Labute approximate surface area is 155 Å². The highest BCUT2D eigenvalue weighted by atomic mass is 35.5. The van der Waals surface area contributed by atoms with Crippen molar-refractivity contribution in [2.45, 2.75) is 26.2 Å². The highest BCUT2D eigenvalue weighted by molar-refractivity contribution is 6.30. The van der Waals surface area contributed by atoms with Gasteiger partial charge >= 0.3 is 0 Å². The molecule has 4 rings (SSSR count). The molecule has 0 fully saturated rings. The van der Waals surface area contributed by atoms with Crippen molar-refractivity contribution in [1.29, 1.82) is 0 Å². The van der Waals surface area contributed by atoms with Crippen LogP contribution in [0.1, 0.15) is 17.0 Å². The number of halogens is 2. The fraction of sp³-hybridized carbons (Fsp3) is 0.278. The minimum atomic E-state index is -0.331. The molecule has 0 saturated heterocycles. The van der Waals surface area contributed by atoms with E-state index in [4.69, 9.17) is 11.6 Å². The number of fused-ring (bicyclic) bond motifs is 1. The van der Waals surface area contributed by atoms with Crippen LogP contribution in [-0.4, -0.2) is 31.2 Å². The maximum absolute atomic E-state index is 14.1. The van der Waals surface area contributed by atoms with Crippen molar-refractivity contribution < 1.29 is 4.39 Å². The fourth-order valence-electron chi connectivity index (χ4n) is 3.08. The van der Waals surface area contributed by atoms with Crippen molar-refractivity contribution in [3.63, 3.8) is 0 Å². The molecule has 134 valence electrons. The molecule has 1 aliphatic heterocycles. The summed E-state index contributed by atoms with van der Waals surface area (Å²) in [6, 6.07) is 7.21. The van der Waals surface area contributed by atoms with E-state index in [0.29, 0.717) is 18.7 Å². The van der Waals surface area contributed by atoms with Crippen LogP contribution in [0.2, 0.25) is 5.02 Å². The molecule has 0 atom stereocenters. The second-order valence-corrected chi connectivity index (χ2v) is 6.63. The van der Waals surface area contributed by atoms with Gasteiger partial charge in [-0.15, -0.1) is 0 Å². The van der Waals surface area contributed by atoms with Gasteiger partial charge in [0.05, 0.1) is 35.7 Å². The van der Waals surface area contributed by atoms with Gasteiger partial charge in [-0.1, -0.05) is 23.7 Å². The number of hydrogen-bond acceptors (Lipinski definition) is 5. The summed E-state index contributed by atoms with van der Waals surface area (Å²) in [5.41, 5.74) is 2.69. The van der Waals surface area contributed by atoms with E-state index in [1.54, 1.807) is 36.8 Å². The summed E-state index contributed by atoms with van der Waals surface area (Å²) in [5.74, 6) is 0.388. The lowest BCUT2D eigenvalue weighted by molar-refractivity contribution is 0.202. The third kappa shape index (κ3) is 3.68. The van der Waals surface area contributed by atoms with E-state index < -0.39 is 0 Å². The highest BCUT2D eigenvalue weighted by Gasteiger charge is 2.20. The molecule has 2 aromatic heterocycles. The molecule has 0 saturated carbocycles. The first-order chi connectivity index (χ1) is 12.7. The molecule has 3 aromatic rings. The second kappa shape index (κ2) is 7.39. The lowest BCUT2D eigenvalue weighted by Crippen LogP contribution is -2.33. The van der Waals surface area contributed by atoms with Crippen molar-refractivity contribution in [3.8, 4) is 0 Å². The van der Waals surface area contributed by atoms with Gasteiger partial charge in [0.2, 0.25) is 0 Å². The van der Waals surface area contributed by atoms with E-state index in [-0.39, 0.29) is 10.8 Å². The quantitative estimate of drug-likeness (QED) is 0.745. The van der Waals surface area contributed by atoms with Gasteiger partial charge in [0.25, 0.3) is 0 Å². The molecule has 1 aromatic carbocycles. The van der Waals surface area contributed by atoms with Gasteiger partial charge in [-0.3, -0.25) is 14.6 Å². The molecular formula is C18H18ClFN6. The Kier molecular flexibility index (Phi) is 4.81. The third-order valence-electron chi connectivity index (χ3n) is 4.37. The topological polar surface area (TPSA) is 58.9 Å². The summed E-state index contributed by atoms with van der Waals surface area (Å²) < 4.78 is 16.1. The van der Waals surface area contributed by atoms with Crippen LogP contribution in [0.5, 0.6) is 0 Å². The number of aromatic nitrogens is 4. The minimum absolute atomic E-state index is 0.168. The Balaban J connectivity index is 1.41. The summed E-state index contributed by atoms with van der Waals surface area (Å²) in [4.78, 5) is 10.4. The SMILES string of the molecule is Fc1c(Cl)cccc1CN1CCn2nc(CNc3cnccn3)cc2C1. The molecule has 0 amide bonds. The predicted octanol–water partition coefficient (Wildman–Crippen LogP) is 3.09. The van der Waals surface area contributed by atoms with E-state index in [1.807, 2.05) is 4.68 Å². The van der Waals surface area contributed by atoms with Crippen molar-refractivity contribution >= 4 is 17.4 Å². The number of anilines is 1. The summed E-state index contributed by atoms with van der Waals surface area (Å²) in [7, 11) is 0. The average Bonchev–Trinajstić information content (AvgIpc) is 3.07. The van der Waals surface area contributed by atoms with Gasteiger partial charge in [-0.05, 0) is 12.1 Å². The molecule has 26 heavy (non-hydrogen) atoms. The van der Waals surface area contributed by atoms with Gasteiger partial charge in [0.1, 0.15) is 11.6 Å². The van der Waals surface area contributed by atoms with Crippen LogP contribution >= 0.6 is 11.6 Å². The van der Waals surface area contributed by atoms with Crippen molar-refractivity contribution in [2.24, 2.45) is 0 Å². The molecule has 0 aliphatic carbocycles. The predicted molar refractivity (Wildman–Crippen MR) is 97.1 cm³/mol. The molecule has 1 aliphatic rings. The first-order valence-corrected chi connectivity index (χ1v) is 8.77. The van der Waals surface area contributed by atoms with Gasteiger partial charge in [0, 0.05) is 37.6 Å². The monoisotopic (exact) mass is 372 g/mol. The maximum Gasteiger partial charge on any atom is 0.146 e. The van der Waals surface area contributed by atoms with Crippen molar-refractivity contribution in [1.82, 2.24) is 24.6 Å². The van der Waals surface area contributed by atoms with Crippen LogP contribution in [0, 0.1) is 5.82 Å². The Morgan fingerprint density at radius 3 is 3.00 bits per heavy atom. The zero-order valence-corrected chi connectivity index (χ0v) is 14.8. The smallest absolute Gasteiger partial charge is 0.146 e. The molecule has 3 heterocycles. The molecule has 0 bridgehead atoms. The largest absolute Gasteiger partial charge is 0.363 e. The normalized spacial score (nSPS) is 14.2. The van der Waals surface area contributed by atoms with Gasteiger partial charge in [-0.25, -0.2) is 9.37 Å². The standard InChI is InChI=1S/C18H18ClFN6/c19-16-3-1-2-13(18(16)20)11-25-6-7-26-15(12-25)8-14(24-26)9-23-17-10-21-4-5-22-17/h1-5,8,10H,6-7,9,11-12H2,(H,22,23). The number of hydrogen-bond donors (Lipinski definition) is 1. The fourth-order valence-corrected chi connectivity index (χ4v) is 3.28. The van der Waals surface area contributed by atoms with Crippen LogP contribution in [0.4, 0.5) is 10.2 Å². The van der Waals surface area contributed by atoms with Crippen LogP contribution in [0.3, 0.4) is 0 Å². The van der Waals surface area contributed by atoms with Crippen molar-refractivity contribution in [2.75, 3.05) is 11.9 Å². The summed E-state index contributed by atoms with van der Waals surface area (Å²) >= 11 is 5.88. The average molecular weight is 373 g/mol. The summed E-state index contributed by atoms with van der Waals surface area (Å²) in [6.07, 6.45) is 4.96. The lowest BCUT2D eigenvalue weighted by Gasteiger charge is -2.27. The molecular weight excluding hydrogens is 355 g/mol. The van der Waals surface area contributed by atoms with Gasteiger partial charge in [0.15, 0.2) is 0 Å².